The van der Waals surface area contributed by atoms with Crippen LogP contribution in [0.3, 0.4) is 0 Å². The number of amides is 4. The molecule has 1 aromatic carbocycles. The van der Waals surface area contributed by atoms with E-state index >= 15 is 0 Å². The van der Waals surface area contributed by atoms with Gasteiger partial charge >= 0.3 is 17.9 Å². The highest BCUT2D eigenvalue weighted by Crippen LogP contribution is 2.13. The van der Waals surface area contributed by atoms with Gasteiger partial charge in [0.05, 0.1) is 25.9 Å². The third-order valence-corrected chi connectivity index (χ3v) is 5.72. The Morgan fingerprint density at radius 3 is 1.71 bits per heavy atom. The Morgan fingerprint density at radius 2 is 1.21 bits per heavy atom. The van der Waals surface area contributed by atoms with Gasteiger partial charge in [-0.3, -0.25) is 33.6 Å². The van der Waals surface area contributed by atoms with E-state index in [-0.39, 0.29) is 6.54 Å². The number of nitrogens with one attached hydrogen (secondary N) is 4. The van der Waals surface area contributed by atoms with Gasteiger partial charge in [-0.15, -0.1) is 0 Å². The van der Waals surface area contributed by atoms with Crippen LogP contribution in [0, 0.1) is 6.92 Å². The van der Waals surface area contributed by atoms with Gasteiger partial charge in [0.1, 0.15) is 23.9 Å². The number of hydrogen-bond donors (Lipinski definition) is 7. The molecule has 0 aliphatic heterocycles. The van der Waals surface area contributed by atoms with Crippen LogP contribution in [0.5, 0.6) is 5.75 Å². The second kappa shape index (κ2) is 18.6. The number of ether oxygens (including phenoxy) is 1. The smallest absolute Gasteiger partial charge is 0.305 e. The van der Waals surface area contributed by atoms with Crippen molar-refractivity contribution >= 4 is 41.5 Å². The molecule has 0 fully saturated rings. The molecule has 3 atom stereocenters. The van der Waals surface area contributed by atoms with Gasteiger partial charge in [-0.2, -0.15) is 0 Å². The van der Waals surface area contributed by atoms with E-state index in [0.717, 1.165) is 37.5 Å². The molecule has 1 aromatic rings. The molecule has 0 aromatic heterocycles. The summed E-state index contributed by atoms with van der Waals surface area (Å²) in [5, 5.41) is 36.2. The number of carboxylic acids is 3. The van der Waals surface area contributed by atoms with Crippen LogP contribution >= 0.6 is 0 Å². The van der Waals surface area contributed by atoms with Crippen molar-refractivity contribution in [3.8, 4) is 5.75 Å². The van der Waals surface area contributed by atoms with Crippen LogP contribution in [0.15, 0.2) is 24.3 Å². The molecule has 42 heavy (non-hydrogen) atoms. The third kappa shape index (κ3) is 15.2. The Bertz CT molecular complexity index is 1110. The summed E-state index contributed by atoms with van der Waals surface area (Å²) in [4.78, 5) is 82.9. The zero-order valence-electron chi connectivity index (χ0n) is 23.5. The SMILES string of the molecule is CC(=O)N[C@@H](CC(=O)O)C(=O)N[C@@H](CC(=O)O)C(=O)N[C@@H](CC(=O)O)C(=O)NCCCCCCOc1cccc(C)c1. The van der Waals surface area contributed by atoms with Crippen molar-refractivity contribution in [2.24, 2.45) is 0 Å². The molecule has 0 spiro atoms. The molecule has 15 nitrogen and oxygen atoms in total. The van der Waals surface area contributed by atoms with Crippen LogP contribution < -0.4 is 26.0 Å². The van der Waals surface area contributed by atoms with Crippen molar-refractivity contribution in [3.05, 3.63) is 29.8 Å². The van der Waals surface area contributed by atoms with E-state index in [1.54, 1.807) is 0 Å². The number of benzene rings is 1. The highest BCUT2D eigenvalue weighted by Gasteiger charge is 2.32. The van der Waals surface area contributed by atoms with Crippen molar-refractivity contribution in [2.75, 3.05) is 13.2 Å². The average Bonchev–Trinajstić information content (AvgIpc) is 2.87. The quantitative estimate of drug-likeness (QED) is 0.0988. The molecule has 0 heterocycles. The Kier molecular flexibility index (Phi) is 15.7. The highest BCUT2D eigenvalue weighted by atomic mass is 16.5. The maximum atomic E-state index is 12.8. The monoisotopic (exact) mass is 594 g/mol. The van der Waals surface area contributed by atoms with Gasteiger partial charge in [0.2, 0.25) is 23.6 Å². The van der Waals surface area contributed by atoms with E-state index in [2.05, 4.69) is 16.0 Å². The van der Waals surface area contributed by atoms with Gasteiger partial charge in [0.15, 0.2) is 0 Å². The number of aliphatic carboxylic acids is 3. The number of carbonyl (C=O) groups excluding carboxylic acids is 4. The number of aryl methyl sites for hydroxylation is 1. The number of unbranched alkanes of at least 4 members (excludes halogenated alkanes) is 3. The van der Waals surface area contributed by atoms with Crippen LogP contribution in [-0.4, -0.2) is 88.1 Å². The molecule has 15 heteroatoms. The zero-order valence-corrected chi connectivity index (χ0v) is 23.5. The van der Waals surface area contributed by atoms with E-state index in [1.807, 2.05) is 36.5 Å². The van der Waals surface area contributed by atoms with Gasteiger partial charge in [0.25, 0.3) is 0 Å². The van der Waals surface area contributed by atoms with E-state index in [4.69, 9.17) is 9.84 Å². The fourth-order valence-corrected chi connectivity index (χ4v) is 3.75. The minimum atomic E-state index is -1.80. The summed E-state index contributed by atoms with van der Waals surface area (Å²) >= 11 is 0. The summed E-state index contributed by atoms with van der Waals surface area (Å²) in [5.74, 6) is -7.51. The first-order valence-corrected chi connectivity index (χ1v) is 13.3. The molecule has 1 rings (SSSR count). The minimum Gasteiger partial charge on any atom is -0.494 e. The lowest BCUT2D eigenvalue weighted by molar-refractivity contribution is -0.144. The Labute approximate surface area is 242 Å². The summed E-state index contributed by atoms with van der Waals surface area (Å²) in [5.41, 5.74) is 1.09. The molecule has 0 radical (unpaired) electrons. The summed E-state index contributed by atoms with van der Waals surface area (Å²) in [6.07, 6.45) is 0.264. The van der Waals surface area contributed by atoms with Gasteiger partial charge in [-0.05, 0) is 37.5 Å². The standard InChI is InChI=1S/C27H38N4O11/c1-16-8-7-9-18(12-16)42-11-6-4-3-5-10-28-25(39)19(13-22(33)34)30-27(41)21(15-24(37)38)31-26(40)20(14-23(35)36)29-17(2)32/h7-9,12,19-21H,3-6,10-11,13-15H2,1-2H3,(H,28,39)(H,29,32)(H,30,41)(H,31,40)(H,33,34)(H,35,36)(H,37,38)/t19-,20-,21-/m0/s1. The van der Waals surface area contributed by atoms with Gasteiger partial charge in [0, 0.05) is 13.5 Å². The molecular formula is C27H38N4O11. The predicted molar refractivity (Wildman–Crippen MR) is 146 cm³/mol. The second-order valence-electron chi connectivity index (χ2n) is 9.54. The predicted octanol–water partition coefficient (Wildman–Crippen LogP) is -0.0512. The Hall–Kier alpha value is -4.69. The maximum Gasteiger partial charge on any atom is 0.305 e. The van der Waals surface area contributed by atoms with Crippen LogP contribution in [0.25, 0.3) is 0 Å². The first kappa shape index (κ1) is 35.3. The first-order chi connectivity index (χ1) is 19.8. The summed E-state index contributed by atoms with van der Waals surface area (Å²) in [6, 6.07) is 2.67. The topological polar surface area (TPSA) is 238 Å². The zero-order chi connectivity index (χ0) is 31.7. The number of hydrogen-bond acceptors (Lipinski definition) is 8. The van der Waals surface area contributed by atoms with E-state index in [1.165, 1.54) is 0 Å². The lowest BCUT2D eigenvalue weighted by Gasteiger charge is -2.23. The van der Waals surface area contributed by atoms with Crippen LogP contribution in [0.1, 0.15) is 57.4 Å². The van der Waals surface area contributed by atoms with Crippen LogP contribution in [0.4, 0.5) is 0 Å². The van der Waals surface area contributed by atoms with Crippen molar-refractivity contribution in [3.63, 3.8) is 0 Å². The van der Waals surface area contributed by atoms with Crippen molar-refractivity contribution in [1.82, 2.24) is 21.3 Å². The lowest BCUT2D eigenvalue weighted by Crippen LogP contribution is -2.57. The molecule has 0 saturated heterocycles. The van der Waals surface area contributed by atoms with Crippen molar-refractivity contribution in [1.29, 1.82) is 0 Å². The molecule has 232 valence electrons. The molecular weight excluding hydrogens is 556 g/mol. The highest BCUT2D eigenvalue weighted by molar-refractivity contribution is 5.97. The summed E-state index contributed by atoms with van der Waals surface area (Å²) in [7, 11) is 0. The Morgan fingerprint density at radius 1 is 0.714 bits per heavy atom. The van der Waals surface area contributed by atoms with E-state index < -0.39 is 78.9 Å². The molecule has 4 amide bonds. The van der Waals surface area contributed by atoms with Crippen LogP contribution in [0.2, 0.25) is 0 Å². The maximum absolute atomic E-state index is 12.8. The van der Waals surface area contributed by atoms with Gasteiger partial charge in [-0.25, -0.2) is 0 Å². The lowest BCUT2D eigenvalue weighted by atomic mass is 10.1. The number of carboxylic acid groups (broad SMARTS) is 3. The molecule has 0 unspecified atom stereocenters. The molecule has 0 aliphatic rings. The van der Waals surface area contributed by atoms with E-state index in [0.29, 0.717) is 13.0 Å². The second-order valence-corrected chi connectivity index (χ2v) is 9.54. The minimum absolute atomic E-state index is 0.187. The first-order valence-electron chi connectivity index (χ1n) is 13.3. The Balaban J connectivity index is 2.65. The van der Waals surface area contributed by atoms with Crippen molar-refractivity contribution < 1.29 is 53.6 Å². The van der Waals surface area contributed by atoms with E-state index in [9.17, 15) is 43.8 Å². The normalized spacial score (nSPS) is 12.6. The summed E-state index contributed by atoms with van der Waals surface area (Å²) < 4.78 is 5.68. The largest absolute Gasteiger partial charge is 0.494 e. The number of carbonyl (C=O) groups is 7. The molecule has 0 bridgehead atoms. The van der Waals surface area contributed by atoms with Gasteiger partial charge < -0.3 is 41.3 Å². The molecule has 0 aliphatic carbocycles. The summed E-state index contributed by atoms with van der Waals surface area (Å²) in [6.45, 7) is 3.71. The van der Waals surface area contributed by atoms with Gasteiger partial charge in [-0.1, -0.05) is 25.0 Å². The van der Waals surface area contributed by atoms with Crippen LogP contribution in [-0.2, 0) is 33.6 Å². The molecule has 7 N–H and O–H groups in total. The third-order valence-electron chi connectivity index (χ3n) is 5.72. The van der Waals surface area contributed by atoms with Crippen molar-refractivity contribution in [2.45, 2.75) is 76.9 Å². The fourth-order valence-electron chi connectivity index (χ4n) is 3.75. The average molecular weight is 595 g/mol. The fraction of sp³-hybridized carbons (Fsp3) is 0.519. The molecule has 0 saturated carbocycles. The number of rotatable bonds is 20.